The van der Waals surface area contributed by atoms with Gasteiger partial charge in [0.05, 0.1) is 4.90 Å². The van der Waals surface area contributed by atoms with Crippen LogP contribution in [-0.4, -0.2) is 43.8 Å². The van der Waals surface area contributed by atoms with E-state index < -0.39 is 10.0 Å². The van der Waals surface area contributed by atoms with Crippen LogP contribution in [0.4, 0.5) is 0 Å². The number of nitrogens with zero attached hydrogens (tertiary/aromatic N) is 2. The molecule has 1 fully saturated rings. The van der Waals surface area contributed by atoms with Crippen LogP contribution in [0.15, 0.2) is 53.4 Å². The number of piperazine rings is 1. The summed E-state index contributed by atoms with van der Waals surface area (Å²) in [5.74, 6) is 0. The third kappa shape index (κ3) is 4.65. The van der Waals surface area contributed by atoms with Crippen LogP contribution in [0.1, 0.15) is 24.5 Å². The number of hydrogen-bond donors (Lipinski definition) is 0. The minimum absolute atomic E-state index is 0.389. The monoisotopic (exact) mass is 392 g/mol. The van der Waals surface area contributed by atoms with Crippen molar-refractivity contribution >= 4 is 21.6 Å². The fourth-order valence-electron chi connectivity index (χ4n) is 3.29. The first kappa shape index (κ1) is 19.4. The molecule has 4 nitrogen and oxygen atoms in total. The summed E-state index contributed by atoms with van der Waals surface area (Å²) in [5.41, 5.74) is 2.33. The second kappa shape index (κ2) is 8.53. The lowest BCUT2D eigenvalue weighted by atomic mass is 10.1. The second-order valence-electron chi connectivity index (χ2n) is 6.70. The molecular weight excluding hydrogens is 368 g/mol. The van der Waals surface area contributed by atoms with Gasteiger partial charge in [0.25, 0.3) is 0 Å². The summed E-state index contributed by atoms with van der Waals surface area (Å²) in [4.78, 5) is 2.66. The largest absolute Gasteiger partial charge is 0.296 e. The molecule has 140 valence electrons. The van der Waals surface area contributed by atoms with Gasteiger partial charge in [-0.2, -0.15) is 4.31 Å². The number of rotatable bonds is 6. The van der Waals surface area contributed by atoms with E-state index in [2.05, 4.69) is 11.8 Å². The Bertz CT molecular complexity index is 829. The van der Waals surface area contributed by atoms with Crippen molar-refractivity contribution in [2.24, 2.45) is 0 Å². The number of hydrogen-bond acceptors (Lipinski definition) is 3. The van der Waals surface area contributed by atoms with Crippen LogP contribution in [0.5, 0.6) is 0 Å². The molecule has 0 aromatic heterocycles. The summed E-state index contributed by atoms with van der Waals surface area (Å²) in [6.45, 7) is 5.38. The summed E-state index contributed by atoms with van der Waals surface area (Å²) in [5, 5.41) is 0.732. The van der Waals surface area contributed by atoms with Gasteiger partial charge >= 0.3 is 0 Å². The molecule has 2 aromatic rings. The zero-order valence-corrected chi connectivity index (χ0v) is 16.6. The Balaban J connectivity index is 1.61. The maximum absolute atomic E-state index is 12.9. The standard InChI is InChI=1S/C20H25ClN2O2S/c1-2-4-17-7-9-20(10-8-17)26(24,25)23-13-11-22(12-14-23)16-18-5-3-6-19(21)15-18/h3,5-10,15H,2,4,11-14,16H2,1H3. The van der Waals surface area contributed by atoms with Gasteiger partial charge in [0.1, 0.15) is 0 Å². The highest BCUT2D eigenvalue weighted by atomic mass is 35.5. The van der Waals surface area contributed by atoms with Crippen molar-refractivity contribution in [3.05, 3.63) is 64.7 Å². The van der Waals surface area contributed by atoms with Crippen LogP contribution in [-0.2, 0) is 23.0 Å². The number of halogens is 1. The Labute approximate surface area is 161 Å². The molecule has 0 spiro atoms. The third-order valence-electron chi connectivity index (χ3n) is 4.73. The molecule has 0 radical (unpaired) electrons. The highest BCUT2D eigenvalue weighted by Crippen LogP contribution is 2.20. The van der Waals surface area contributed by atoms with Crippen molar-refractivity contribution in [2.75, 3.05) is 26.2 Å². The number of sulfonamides is 1. The lowest BCUT2D eigenvalue weighted by molar-refractivity contribution is 0.181. The molecule has 1 saturated heterocycles. The predicted molar refractivity (Wildman–Crippen MR) is 106 cm³/mol. The van der Waals surface area contributed by atoms with Gasteiger partial charge in [-0.1, -0.05) is 49.2 Å². The van der Waals surface area contributed by atoms with E-state index in [0.717, 1.165) is 43.1 Å². The van der Waals surface area contributed by atoms with Crippen molar-refractivity contribution in [1.82, 2.24) is 9.21 Å². The summed E-state index contributed by atoms with van der Waals surface area (Å²) in [6, 6.07) is 15.1. The number of benzene rings is 2. The van der Waals surface area contributed by atoms with Crippen molar-refractivity contribution in [2.45, 2.75) is 31.2 Å². The van der Waals surface area contributed by atoms with Gasteiger partial charge in [-0.15, -0.1) is 0 Å². The average molecular weight is 393 g/mol. The zero-order chi connectivity index (χ0) is 18.6. The third-order valence-corrected chi connectivity index (χ3v) is 6.87. The van der Waals surface area contributed by atoms with Crippen LogP contribution in [0, 0.1) is 0 Å². The zero-order valence-electron chi connectivity index (χ0n) is 15.1. The molecule has 0 unspecified atom stereocenters. The first-order valence-electron chi connectivity index (χ1n) is 9.05. The van der Waals surface area contributed by atoms with Crippen LogP contribution in [0.25, 0.3) is 0 Å². The smallest absolute Gasteiger partial charge is 0.243 e. The normalized spacial score (nSPS) is 16.7. The van der Waals surface area contributed by atoms with Gasteiger partial charge < -0.3 is 0 Å². The summed E-state index contributed by atoms with van der Waals surface area (Å²) < 4.78 is 27.3. The molecule has 26 heavy (non-hydrogen) atoms. The quantitative estimate of drug-likeness (QED) is 0.750. The molecule has 0 saturated carbocycles. The van der Waals surface area contributed by atoms with Crippen molar-refractivity contribution < 1.29 is 8.42 Å². The van der Waals surface area contributed by atoms with E-state index in [1.165, 1.54) is 5.56 Å². The minimum Gasteiger partial charge on any atom is -0.296 e. The highest BCUT2D eigenvalue weighted by molar-refractivity contribution is 7.89. The Morgan fingerprint density at radius 1 is 0.962 bits per heavy atom. The molecule has 0 atom stereocenters. The van der Waals surface area contributed by atoms with E-state index >= 15 is 0 Å². The van der Waals surface area contributed by atoms with Crippen molar-refractivity contribution in [3.63, 3.8) is 0 Å². The van der Waals surface area contributed by atoms with Gasteiger partial charge in [0, 0.05) is 37.7 Å². The molecule has 1 aliphatic rings. The van der Waals surface area contributed by atoms with Gasteiger partial charge in [-0.25, -0.2) is 8.42 Å². The molecule has 0 aliphatic carbocycles. The fraction of sp³-hybridized carbons (Fsp3) is 0.400. The summed E-state index contributed by atoms with van der Waals surface area (Å²) in [7, 11) is -3.41. The van der Waals surface area contributed by atoms with E-state index in [9.17, 15) is 8.42 Å². The van der Waals surface area contributed by atoms with Crippen molar-refractivity contribution in [3.8, 4) is 0 Å². The van der Waals surface area contributed by atoms with E-state index in [0.29, 0.717) is 18.0 Å². The maximum Gasteiger partial charge on any atom is 0.243 e. The van der Waals surface area contributed by atoms with Crippen LogP contribution < -0.4 is 0 Å². The molecule has 2 aromatic carbocycles. The molecule has 0 amide bonds. The minimum atomic E-state index is -3.41. The SMILES string of the molecule is CCCc1ccc(S(=O)(=O)N2CCN(Cc3cccc(Cl)c3)CC2)cc1. The van der Waals surface area contributed by atoms with E-state index in [4.69, 9.17) is 11.6 Å². The Hall–Kier alpha value is -1.40. The topological polar surface area (TPSA) is 40.6 Å². The van der Waals surface area contributed by atoms with Gasteiger partial charge in [0.2, 0.25) is 10.0 Å². The van der Waals surface area contributed by atoms with E-state index in [-0.39, 0.29) is 0 Å². The molecule has 0 bridgehead atoms. The van der Waals surface area contributed by atoms with Crippen LogP contribution >= 0.6 is 11.6 Å². The number of aryl methyl sites for hydroxylation is 1. The van der Waals surface area contributed by atoms with Crippen molar-refractivity contribution in [1.29, 1.82) is 0 Å². The Morgan fingerprint density at radius 2 is 1.65 bits per heavy atom. The lowest BCUT2D eigenvalue weighted by Gasteiger charge is -2.34. The Morgan fingerprint density at radius 3 is 2.27 bits per heavy atom. The first-order valence-corrected chi connectivity index (χ1v) is 10.9. The van der Waals surface area contributed by atoms with E-state index in [1.54, 1.807) is 16.4 Å². The Kier molecular flexibility index (Phi) is 6.35. The fourth-order valence-corrected chi connectivity index (χ4v) is 4.92. The molecule has 1 aliphatic heterocycles. The lowest BCUT2D eigenvalue weighted by Crippen LogP contribution is -2.48. The summed E-state index contributed by atoms with van der Waals surface area (Å²) >= 11 is 6.04. The van der Waals surface area contributed by atoms with Gasteiger partial charge in [-0.05, 0) is 41.8 Å². The predicted octanol–water partition coefficient (Wildman–Crippen LogP) is 3.80. The first-order chi connectivity index (χ1) is 12.5. The van der Waals surface area contributed by atoms with E-state index in [1.807, 2.05) is 36.4 Å². The molecular formula is C20H25ClN2O2S. The molecule has 1 heterocycles. The molecule has 6 heteroatoms. The van der Waals surface area contributed by atoms with Gasteiger partial charge in [-0.3, -0.25) is 4.90 Å². The molecule has 3 rings (SSSR count). The highest BCUT2D eigenvalue weighted by Gasteiger charge is 2.28. The average Bonchev–Trinajstić information content (AvgIpc) is 2.63. The van der Waals surface area contributed by atoms with Crippen LogP contribution in [0.2, 0.25) is 5.02 Å². The second-order valence-corrected chi connectivity index (χ2v) is 9.08. The van der Waals surface area contributed by atoms with Crippen LogP contribution in [0.3, 0.4) is 0 Å². The maximum atomic E-state index is 12.9. The van der Waals surface area contributed by atoms with Gasteiger partial charge in [0.15, 0.2) is 0 Å². The molecule has 0 N–H and O–H groups in total. The summed E-state index contributed by atoms with van der Waals surface area (Å²) in [6.07, 6.45) is 2.03.